The van der Waals surface area contributed by atoms with Crippen LogP contribution >= 0.6 is 0 Å². The minimum Gasteiger partial charge on any atom is -0.508 e. The third-order valence-electron chi connectivity index (χ3n) is 2.47. The Morgan fingerprint density at radius 1 is 1.56 bits per heavy atom. The minimum absolute atomic E-state index is 0.00736. The Kier molecular flexibility index (Phi) is 2.70. The highest BCUT2D eigenvalue weighted by atomic mass is 16.5. The number of amides is 1. The van der Waals surface area contributed by atoms with Crippen LogP contribution in [0, 0.1) is 0 Å². The SMILES string of the molecule is CC[C@H](O)c1cc(O)cc2c1OCC(=O)N2. The van der Waals surface area contributed by atoms with E-state index in [4.69, 9.17) is 4.74 Å². The average molecular weight is 223 g/mol. The molecular formula is C11H13NO4. The van der Waals surface area contributed by atoms with E-state index in [0.717, 1.165) is 0 Å². The van der Waals surface area contributed by atoms with Gasteiger partial charge in [0.05, 0.1) is 11.8 Å². The number of aromatic hydroxyl groups is 1. The number of carbonyl (C=O) groups is 1. The molecule has 0 saturated carbocycles. The molecule has 2 rings (SSSR count). The molecular weight excluding hydrogens is 210 g/mol. The smallest absolute Gasteiger partial charge is 0.262 e. The van der Waals surface area contributed by atoms with E-state index in [-0.39, 0.29) is 18.3 Å². The van der Waals surface area contributed by atoms with Crippen molar-refractivity contribution >= 4 is 11.6 Å². The van der Waals surface area contributed by atoms with E-state index < -0.39 is 6.10 Å². The lowest BCUT2D eigenvalue weighted by molar-refractivity contribution is -0.118. The number of hydrogen-bond acceptors (Lipinski definition) is 4. The molecule has 5 heteroatoms. The molecule has 0 aliphatic carbocycles. The van der Waals surface area contributed by atoms with Crippen LogP contribution in [0.1, 0.15) is 25.0 Å². The van der Waals surface area contributed by atoms with Gasteiger partial charge < -0.3 is 20.3 Å². The lowest BCUT2D eigenvalue weighted by Gasteiger charge is -2.22. The first-order chi connectivity index (χ1) is 7.61. The van der Waals surface area contributed by atoms with Gasteiger partial charge in [0, 0.05) is 11.6 Å². The molecule has 0 radical (unpaired) electrons. The van der Waals surface area contributed by atoms with Gasteiger partial charge in [0.15, 0.2) is 6.61 Å². The number of aliphatic hydroxyl groups is 1. The summed E-state index contributed by atoms with van der Waals surface area (Å²) in [6, 6.07) is 2.85. The summed E-state index contributed by atoms with van der Waals surface area (Å²) in [5.41, 5.74) is 0.899. The van der Waals surface area contributed by atoms with Crippen molar-refractivity contribution in [1.82, 2.24) is 0 Å². The topological polar surface area (TPSA) is 78.8 Å². The van der Waals surface area contributed by atoms with Crippen molar-refractivity contribution in [3.8, 4) is 11.5 Å². The van der Waals surface area contributed by atoms with Crippen molar-refractivity contribution in [2.24, 2.45) is 0 Å². The van der Waals surface area contributed by atoms with Crippen LogP contribution in [0.2, 0.25) is 0 Å². The number of benzene rings is 1. The normalized spacial score (nSPS) is 16.0. The van der Waals surface area contributed by atoms with Crippen molar-refractivity contribution < 1.29 is 19.7 Å². The molecule has 0 bridgehead atoms. The Bertz CT molecular complexity index is 430. The van der Waals surface area contributed by atoms with Gasteiger partial charge in [-0.1, -0.05) is 6.92 Å². The zero-order valence-electron chi connectivity index (χ0n) is 8.86. The van der Waals surface area contributed by atoms with Gasteiger partial charge in [-0.25, -0.2) is 0 Å². The summed E-state index contributed by atoms with van der Waals surface area (Å²) in [5, 5.41) is 21.8. The molecule has 86 valence electrons. The third-order valence-corrected chi connectivity index (χ3v) is 2.47. The maximum atomic E-state index is 11.1. The fourth-order valence-corrected chi connectivity index (χ4v) is 1.68. The molecule has 1 aliphatic heterocycles. The maximum absolute atomic E-state index is 11.1. The van der Waals surface area contributed by atoms with E-state index in [1.165, 1.54) is 12.1 Å². The van der Waals surface area contributed by atoms with Crippen LogP contribution in [0.4, 0.5) is 5.69 Å². The molecule has 1 atom stereocenters. The molecule has 1 heterocycles. The van der Waals surface area contributed by atoms with Gasteiger partial charge in [-0.3, -0.25) is 4.79 Å². The third kappa shape index (κ3) is 1.81. The first-order valence-electron chi connectivity index (χ1n) is 5.09. The van der Waals surface area contributed by atoms with Crippen LogP contribution in [0.5, 0.6) is 11.5 Å². The second kappa shape index (κ2) is 4.02. The van der Waals surface area contributed by atoms with Crippen LogP contribution in [0.25, 0.3) is 0 Å². The molecule has 0 spiro atoms. The van der Waals surface area contributed by atoms with Gasteiger partial charge in [0.25, 0.3) is 5.91 Å². The molecule has 0 saturated heterocycles. The van der Waals surface area contributed by atoms with Crippen molar-refractivity contribution in [1.29, 1.82) is 0 Å². The number of anilines is 1. The number of carbonyl (C=O) groups excluding carboxylic acids is 1. The van der Waals surface area contributed by atoms with Crippen LogP contribution < -0.4 is 10.1 Å². The lowest BCUT2D eigenvalue weighted by atomic mass is 10.0. The van der Waals surface area contributed by atoms with Crippen molar-refractivity contribution in [3.05, 3.63) is 17.7 Å². The fraction of sp³-hybridized carbons (Fsp3) is 0.364. The Morgan fingerprint density at radius 2 is 2.31 bits per heavy atom. The zero-order chi connectivity index (χ0) is 11.7. The highest BCUT2D eigenvalue weighted by Gasteiger charge is 2.23. The Morgan fingerprint density at radius 3 is 3.00 bits per heavy atom. The van der Waals surface area contributed by atoms with Crippen molar-refractivity contribution in [2.75, 3.05) is 11.9 Å². The van der Waals surface area contributed by atoms with Crippen LogP contribution in [0.3, 0.4) is 0 Å². The number of phenolic OH excluding ortho intramolecular Hbond substituents is 1. The molecule has 0 fully saturated rings. The van der Waals surface area contributed by atoms with Crippen molar-refractivity contribution in [3.63, 3.8) is 0 Å². The van der Waals surface area contributed by atoms with Crippen LogP contribution in [-0.2, 0) is 4.79 Å². The van der Waals surface area contributed by atoms with E-state index in [2.05, 4.69) is 5.32 Å². The number of rotatable bonds is 2. The number of nitrogens with one attached hydrogen (secondary N) is 1. The van der Waals surface area contributed by atoms with Gasteiger partial charge in [0.2, 0.25) is 0 Å². The van der Waals surface area contributed by atoms with Crippen LogP contribution in [-0.4, -0.2) is 22.7 Å². The van der Waals surface area contributed by atoms with Crippen molar-refractivity contribution in [2.45, 2.75) is 19.4 Å². The standard InChI is InChI=1S/C11H13NO4/c1-2-9(14)7-3-6(13)4-8-11(7)16-5-10(15)12-8/h3-4,9,13-14H,2,5H2,1H3,(H,12,15)/t9-/m0/s1. The van der Waals surface area contributed by atoms with Crippen LogP contribution in [0.15, 0.2) is 12.1 Å². The summed E-state index contributed by atoms with van der Waals surface area (Å²) < 4.78 is 5.26. The quantitative estimate of drug-likeness (QED) is 0.703. The predicted molar refractivity (Wildman–Crippen MR) is 57.5 cm³/mol. The predicted octanol–water partition coefficient (Wildman–Crippen LogP) is 1.17. The molecule has 1 aromatic carbocycles. The van der Waals surface area contributed by atoms with Gasteiger partial charge in [0.1, 0.15) is 11.5 Å². The van der Waals surface area contributed by atoms with Gasteiger partial charge in [-0.2, -0.15) is 0 Å². The lowest BCUT2D eigenvalue weighted by Crippen LogP contribution is -2.26. The van der Waals surface area contributed by atoms with Gasteiger partial charge in [-0.15, -0.1) is 0 Å². The number of ether oxygens (including phenoxy) is 1. The Hall–Kier alpha value is -1.75. The highest BCUT2D eigenvalue weighted by molar-refractivity contribution is 5.96. The molecule has 1 aliphatic rings. The second-order valence-electron chi connectivity index (χ2n) is 3.67. The summed E-state index contributed by atoms with van der Waals surface area (Å²) in [4.78, 5) is 11.1. The van der Waals surface area contributed by atoms with E-state index in [1.807, 2.05) is 6.92 Å². The highest BCUT2D eigenvalue weighted by Crippen LogP contribution is 2.39. The Balaban J connectivity index is 2.49. The molecule has 0 unspecified atom stereocenters. The largest absolute Gasteiger partial charge is 0.508 e. The number of aliphatic hydroxyl groups excluding tert-OH is 1. The maximum Gasteiger partial charge on any atom is 0.262 e. The summed E-state index contributed by atoms with van der Waals surface area (Å²) in [7, 11) is 0. The van der Waals surface area contributed by atoms with E-state index in [9.17, 15) is 15.0 Å². The van der Waals surface area contributed by atoms with E-state index in [1.54, 1.807) is 0 Å². The summed E-state index contributed by atoms with van der Waals surface area (Å²) in [6.07, 6.45) is -0.205. The molecule has 1 aromatic rings. The second-order valence-corrected chi connectivity index (χ2v) is 3.67. The average Bonchev–Trinajstić information content (AvgIpc) is 2.26. The number of phenols is 1. The molecule has 5 nitrogen and oxygen atoms in total. The minimum atomic E-state index is -0.712. The van der Waals surface area contributed by atoms with E-state index in [0.29, 0.717) is 23.4 Å². The van der Waals surface area contributed by atoms with Gasteiger partial charge >= 0.3 is 0 Å². The summed E-state index contributed by atoms with van der Waals surface area (Å²) >= 11 is 0. The summed E-state index contributed by atoms with van der Waals surface area (Å²) in [6.45, 7) is 1.75. The summed E-state index contributed by atoms with van der Waals surface area (Å²) in [5.74, 6) is 0.161. The molecule has 0 aromatic heterocycles. The van der Waals surface area contributed by atoms with E-state index >= 15 is 0 Å². The fourth-order valence-electron chi connectivity index (χ4n) is 1.68. The molecule has 3 N–H and O–H groups in total. The monoisotopic (exact) mass is 223 g/mol. The van der Waals surface area contributed by atoms with Gasteiger partial charge in [-0.05, 0) is 12.5 Å². The Labute approximate surface area is 92.7 Å². The molecule has 16 heavy (non-hydrogen) atoms. The number of fused-ring (bicyclic) bond motifs is 1. The first-order valence-corrected chi connectivity index (χ1v) is 5.09. The zero-order valence-corrected chi connectivity index (χ0v) is 8.86. The molecule has 1 amide bonds. The number of hydrogen-bond donors (Lipinski definition) is 3. The first kappa shape index (κ1) is 10.8.